The molecule has 8 nitrogen and oxygen atoms in total. The third-order valence-corrected chi connectivity index (χ3v) is 7.33. The number of para-hydroxylation sites is 1. The third kappa shape index (κ3) is 4.91. The monoisotopic (exact) mass is 486 g/mol. The highest BCUT2D eigenvalue weighted by molar-refractivity contribution is 5.79. The van der Waals surface area contributed by atoms with E-state index in [1.54, 1.807) is 7.11 Å². The first-order valence-electron chi connectivity index (χ1n) is 12.8. The molecule has 1 fully saturated rings. The molecular weight excluding hydrogens is 452 g/mol. The second-order valence-electron chi connectivity index (χ2n) is 9.78. The lowest BCUT2D eigenvalue weighted by Gasteiger charge is -2.31. The number of ether oxygens (including phenoxy) is 1. The number of benzene rings is 2. The molecule has 1 saturated carbocycles. The average molecular weight is 487 g/mol. The number of tetrazole rings is 1. The third-order valence-electron chi connectivity index (χ3n) is 7.33. The Morgan fingerprint density at radius 1 is 1.11 bits per heavy atom. The molecule has 5 rings (SSSR count). The van der Waals surface area contributed by atoms with Gasteiger partial charge < -0.3 is 9.72 Å². The minimum absolute atomic E-state index is 0.0573. The molecule has 1 aliphatic carbocycles. The molecule has 0 radical (unpaired) electrons. The zero-order valence-electron chi connectivity index (χ0n) is 21.3. The molecule has 0 aliphatic heterocycles. The Labute approximate surface area is 211 Å². The number of hydrogen-bond acceptors (Lipinski definition) is 6. The maximum Gasteiger partial charge on any atom is 0.252 e. The van der Waals surface area contributed by atoms with Gasteiger partial charge in [-0.2, -0.15) is 0 Å². The van der Waals surface area contributed by atoms with Gasteiger partial charge in [-0.3, -0.25) is 9.69 Å². The van der Waals surface area contributed by atoms with Gasteiger partial charge in [0.05, 0.1) is 19.2 Å². The number of rotatable bonds is 9. The number of nitrogens with one attached hydrogen (secondary N) is 1. The van der Waals surface area contributed by atoms with Crippen LogP contribution < -0.4 is 10.3 Å². The number of aromatic amines is 1. The molecule has 8 heteroatoms. The summed E-state index contributed by atoms with van der Waals surface area (Å²) in [5.74, 6) is 1.70. The van der Waals surface area contributed by atoms with Gasteiger partial charge in [-0.05, 0) is 66.3 Å². The molecule has 2 aromatic carbocycles. The van der Waals surface area contributed by atoms with Crippen molar-refractivity contribution in [3.63, 3.8) is 0 Å². The first-order valence-corrected chi connectivity index (χ1v) is 12.8. The van der Waals surface area contributed by atoms with Crippen LogP contribution in [0.2, 0.25) is 0 Å². The van der Waals surface area contributed by atoms with E-state index in [0.717, 1.165) is 58.4 Å². The molecule has 36 heavy (non-hydrogen) atoms. The van der Waals surface area contributed by atoms with Crippen LogP contribution in [-0.4, -0.2) is 37.2 Å². The summed E-state index contributed by atoms with van der Waals surface area (Å²) < 4.78 is 7.69. The van der Waals surface area contributed by atoms with Crippen molar-refractivity contribution < 1.29 is 4.74 Å². The number of methoxy groups -OCH3 is 1. The summed E-state index contributed by atoms with van der Waals surface area (Å²) in [5, 5.41) is 14.0. The largest absolute Gasteiger partial charge is 0.496 e. The Kier molecular flexibility index (Phi) is 7.13. The summed E-state index contributed by atoms with van der Waals surface area (Å²) in [6.45, 7) is 5.29. The first-order chi connectivity index (χ1) is 17.6. The van der Waals surface area contributed by atoms with E-state index in [1.807, 2.05) is 41.1 Å². The van der Waals surface area contributed by atoms with Crippen molar-refractivity contribution in [1.29, 1.82) is 0 Å². The van der Waals surface area contributed by atoms with Gasteiger partial charge in [0.1, 0.15) is 5.75 Å². The van der Waals surface area contributed by atoms with Gasteiger partial charge >= 0.3 is 0 Å². The molecule has 0 spiro atoms. The second-order valence-corrected chi connectivity index (χ2v) is 9.78. The smallest absolute Gasteiger partial charge is 0.252 e. The summed E-state index contributed by atoms with van der Waals surface area (Å²) in [6.07, 6.45) is 5.43. The van der Waals surface area contributed by atoms with Crippen LogP contribution in [0.5, 0.6) is 5.75 Å². The number of pyridine rings is 1. The topological polar surface area (TPSA) is 88.9 Å². The predicted molar refractivity (Wildman–Crippen MR) is 140 cm³/mol. The van der Waals surface area contributed by atoms with Crippen molar-refractivity contribution in [2.45, 2.75) is 71.1 Å². The maximum atomic E-state index is 13.2. The molecule has 188 valence electrons. The van der Waals surface area contributed by atoms with Gasteiger partial charge in [-0.1, -0.05) is 49.6 Å². The van der Waals surface area contributed by atoms with Crippen molar-refractivity contribution >= 4 is 10.9 Å². The Morgan fingerprint density at radius 2 is 1.89 bits per heavy atom. The highest BCUT2D eigenvalue weighted by Gasteiger charge is 2.30. The van der Waals surface area contributed by atoms with Crippen LogP contribution in [-0.2, 0) is 13.1 Å². The van der Waals surface area contributed by atoms with Crippen molar-refractivity contribution in [1.82, 2.24) is 30.1 Å². The van der Waals surface area contributed by atoms with Crippen LogP contribution in [0.15, 0.2) is 53.3 Å². The standard InChI is InChI=1S/C28H34N6O2/c1-4-25(27-30-31-32-34(27)23-10-6-7-11-23)33(17-20-9-5-8-12-26(20)36-3)18-22-16-21-15-19(2)13-14-24(21)29-28(22)35/h5,8-9,12-16,23,25H,4,6-7,10-11,17-18H2,1-3H3,(H,29,35)/t25-/m1/s1. The van der Waals surface area contributed by atoms with E-state index in [4.69, 9.17) is 4.74 Å². The van der Waals surface area contributed by atoms with E-state index in [-0.39, 0.29) is 11.6 Å². The van der Waals surface area contributed by atoms with Crippen LogP contribution >= 0.6 is 0 Å². The quantitative estimate of drug-likeness (QED) is 0.354. The lowest BCUT2D eigenvalue weighted by Crippen LogP contribution is -2.33. The highest BCUT2D eigenvalue weighted by Crippen LogP contribution is 2.34. The number of fused-ring (bicyclic) bond motifs is 1. The number of hydrogen-bond donors (Lipinski definition) is 1. The van der Waals surface area contributed by atoms with Crippen LogP contribution in [0.1, 0.15) is 73.6 Å². The molecule has 4 aromatic rings. The van der Waals surface area contributed by atoms with Gasteiger partial charge in [0, 0.05) is 29.7 Å². The highest BCUT2D eigenvalue weighted by atomic mass is 16.5. The van der Waals surface area contributed by atoms with Crippen LogP contribution in [0.4, 0.5) is 0 Å². The molecule has 1 aliphatic rings. The van der Waals surface area contributed by atoms with E-state index < -0.39 is 0 Å². The maximum absolute atomic E-state index is 13.2. The first kappa shape index (κ1) is 24.2. The fraction of sp³-hybridized carbons (Fsp3) is 0.429. The van der Waals surface area contributed by atoms with Crippen LogP contribution in [0, 0.1) is 6.92 Å². The molecule has 0 bridgehead atoms. The number of aryl methyl sites for hydroxylation is 1. The van der Waals surface area contributed by atoms with Gasteiger partial charge in [0.2, 0.25) is 0 Å². The van der Waals surface area contributed by atoms with Gasteiger partial charge in [-0.25, -0.2) is 4.68 Å². The molecule has 2 heterocycles. The fourth-order valence-corrected chi connectivity index (χ4v) is 5.47. The van der Waals surface area contributed by atoms with Gasteiger partial charge in [0.25, 0.3) is 5.56 Å². The molecule has 1 atom stereocenters. The average Bonchev–Trinajstić information content (AvgIpc) is 3.58. The molecule has 0 unspecified atom stereocenters. The normalized spacial score (nSPS) is 15.1. The SMILES string of the molecule is CC[C@H](c1nnnn1C1CCCC1)N(Cc1ccccc1OC)Cc1cc2cc(C)ccc2[nH]c1=O. The second kappa shape index (κ2) is 10.6. The van der Waals surface area contributed by atoms with E-state index >= 15 is 0 Å². The Bertz CT molecular complexity index is 1390. The van der Waals surface area contributed by atoms with Gasteiger partial charge in [-0.15, -0.1) is 5.10 Å². The Hall–Kier alpha value is -3.52. The van der Waals surface area contributed by atoms with E-state index in [0.29, 0.717) is 19.1 Å². The fourth-order valence-electron chi connectivity index (χ4n) is 5.47. The van der Waals surface area contributed by atoms with E-state index in [1.165, 1.54) is 12.8 Å². The van der Waals surface area contributed by atoms with Gasteiger partial charge in [0.15, 0.2) is 5.82 Å². The van der Waals surface area contributed by atoms with Crippen molar-refractivity contribution in [2.24, 2.45) is 0 Å². The predicted octanol–water partition coefficient (Wildman–Crippen LogP) is 5.10. The molecular formula is C28H34N6O2. The summed E-state index contributed by atoms with van der Waals surface area (Å²) in [5.41, 5.74) is 3.73. The summed E-state index contributed by atoms with van der Waals surface area (Å²) in [4.78, 5) is 18.5. The summed E-state index contributed by atoms with van der Waals surface area (Å²) in [6, 6.07) is 16.4. The molecule has 0 amide bonds. The minimum Gasteiger partial charge on any atom is -0.496 e. The molecule has 2 aromatic heterocycles. The number of nitrogens with zero attached hydrogens (tertiary/aromatic N) is 5. The van der Waals surface area contributed by atoms with Crippen molar-refractivity contribution in [3.8, 4) is 5.75 Å². The van der Waals surface area contributed by atoms with E-state index in [2.05, 4.69) is 51.4 Å². The van der Waals surface area contributed by atoms with Crippen LogP contribution in [0.25, 0.3) is 10.9 Å². The number of H-pyrrole nitrogens is 1. The minimum atomic E-state index is -0.0679. The van der Waals surface area contributed by atoms with E-state index in [9.17, 15) is 4.79 Å². The lowest BCUT2D eigenvalue weighted by atomic mass is 10.1. The van der Waals surface area contributed by atoms with Crippen LogP contribution in [0.3, 0.4) is 0 Å². The molecule has 0 saturated heterocycles. The Morgan fingerprint density at radius 3 is 2.67 bits per heavy atom. The zero-order chi connectivity index (χ0) is 25.1. The van der Waals surface area contributed by atoms with Crippen molar-refractivity contribution in [2.75, 3.05) is 7.11 Å². The summed E-state index contributed by atoms with van der Waals surface area (Å²) in [7, 11) is 1.69. The lowest BCUT2D eigenvalue weighted by molar-refractivity contribution is 0.156. The Balaban J connectivity index is 1.56. The summed E-state index contributed by atoms with van der Waals surface area (Å²) >= 11 is 0. The molecule has 1 N–H and O–H groups in total. The number of aromatic nitrogens is 5. The zero-order valence-corrected chi connectivity index (χ0v) is 21.3. The van der Waals surface area contributed by atoms with Crippen molar-refractivity contribution in [3.05, 3.63) is 81.4 Å².